The highest BCUT2D eigenvalue weighted by molar-refractivity contribution is 5.73. The molecule has 1 amide bonds. The van der Waals surface area contributed by atoms with E-state index in [2.05, 4.69) is 21.8 Å². The van der Waals surface area contributed by atoms with Gasteiger partial charge in [-0.15, -0.1) is 5.10 Å². The zero-order valence-electron chi connectivity index (χ0n) is 20.5. The highest BCUT2D eigenvalue weighted by Crippen LogP contribution is 2.60. The van der Waals surface area contributed by atoms with Gasteiger partial charge in [-0.3, -0.25) is 14.4 Å². The van der Waals surface area contributed by atoms with Gasteiger partial charge in [0.15, 0.2) is 0 Å². The number of carbonyl (C=O) groups is 1. The molecule has 4 aliphatic carbocycles. The van der Waals surface area contributed by atoms with Crippen LogP contribution in [0.1, 0.15) is 64.5 Å². The lowest BCUT2D eigenvalue weighted by Gasteiger charge is -2.56. The fourth-order valence-corrected chi connectivity index (χ4v) is 8.37. The van der Waals surface area contributed by atoms with Crippen molar-refractivity contribution in [3.63, 3.8) is 0 Å². The Morgan fingerprint density at radius 1 is 1.12 bits per heavy atom. The largest absolute Gasteiger partial charge is 0.395 e. The predicted octanol–water partition coefficient (Wildman–Crippen LogP) is 0.719. The van der Waals surface area contributed by atoms with E-state index in [4.69, 9.17) is 0 Å². The summed E-state index contributed by atoms with van der Waals surface area (Å²) in [4.78, 5) is 13.8. The molecule has 4 bridgehead atoms. The third-order valence-corrected chi connectivity index (χ3v) is 9.23. The zero-order chi connectivity index (χ0) is 24.0. The summed E-state index contributed by atoms with van der Waals surface area (Å²) in [7, 11) is 0. The third-order valence-electron chi connectivity index (χ3n) is 9.23. The van der Waals surface area contributed by atoms with E-state index in [-0.39, 0.29) is 18.6 Å². The van der Waals surface area contributed by atoms with Gasteiger partial charge in [-0.2, -0.15) is 0 Å². The Hall–Kier alpha value is -1.55. The van der Waals surface area contributed by atoms with Crippen molar-refractivity contribution in [2.24, 2.45) is 23.2 Å². The normalized spacial score (nSPS) is 41.7. The lowest BCUT2D eigenvalue weighted by molar-refractivity contribution is -0.140. The summed E-state index contributed by atoms with van der Waals surface area (Å²) < 4.78 is 2.04. The molecule has 5 aliphatic rings. The van der Waals surface area contributed by atoms with Gasteiger partial charge in [0, 0.05) is 38.7 Å². The number of likely N-dealkylation sites (tertiary alicyclic amines) is 1. The number of nitrogens with zero attached hydrogens (tertiary/aromatic N) is 4. The summed E-state index contributed by atoms with van der Waals surface area (Å²) in [6.45, 7) is 4.66. The molecule has 4 N–H and O–H groups in total. The Morgan fingerprint density at radius 3 is 2.32 bits per heavy atom. The van der Waals surface area contributed by atoms with E-state index in [9.17, 15) is 20.1 Å². The standard InChI is InChI=1S/C25H41N5O4/c1-3-20-22(26-15(2)32)24(34)23(33)21(13-31)30(20)5-4-19-12-29(28-27-19)14-25-9-16-6-17(10-25)8-18(7-16)11-25/h12,16-18,20-24,31,33-34H,3-11,13-14H2,1-2H3,(H,26,32)/t16?,17?,18?,20-,21-,22+,23-,24-,25?/m1/s1. The second-order valence-electron chi connectivity index (χ2n) is 11.7. The van der Waals surface area contributed by atoms with E-state index in [1.54, 1.807) is 0 Å². The number of aliphatic hydroxyl groups excluding tert-OH is 3. The minimum absolute atomic E-state index is 0.193. The second kappa shape index (κ2) is 9.48. The minimum Gasteiger partial charge on any atom is -0.395 e. The molecule has 9 nitrogen and oxygen atoms in total. The molecule has 0 radical (unpaired) electrons. The second-order valence-corrected chi connectivity index (χ2v) is 11.7. The van der Waals surface area contributed by atoms with E-state index in [0.717, 1.165) is 30.0 Å². The van der Waals surface area contributed by atoms with Gasteiger partial charge in [-0.25, -0.2) is 0 Å². The average Bonchev–Trinajstić information content (AvgIpc) is 3.21. The Morgan fingerprint density at radius 2 is 1.76 bits per heavy atom. The SMILES string of the molecule is CC[C@@H]1[C@H](NC(C)=O)[C@@H](O)[C@H](O)[C@@H](CO)N1CCc1cn(CC23CC4CC(CC(C4)C2)C3)nn1. The van der Waals surface area contributed by atoms with E-state index >= 15 is 0 Å². The number of carbonyl (C=O) groups excluding carboxylic acids is 1. The first kappa shape index (κ1) is 24.2. The van der Waals surface area contributed by atoms with Crippen molar-refractivity contribution < 1.29 is 20.1 Å². The van der Waals surface area contributed by atoms with Crippen molar-refractivity contribution in [1.29, 1.82) is 0 Å². The summed E-state index contributed by atoms with van der Waals surface area (Å²) >= 11 is 0. The molecule has 5 atom stereocenters. The maximum absolute atomic E-state index is 11.7. The molecule has 4 saturated carbocycles. The van der Waals surface area contributed by atoms with Gasteiger partial charge in [0.1, 0.15) is 6.10 Å². The molecule has 9 heteroatoms. The van der Waals surface area contributed by atoms with Crippen LogP contribution < -0.4 is 5.32 Å². The summed E-state index contributed by atoms with van der Waals surface area (Å²) in [5.41, 5.74) is 1.29. The van der Waals surface area contributed by atoms with Gasteiger partial charge >= 0.3 is 0 Å². The first-order chi connectivity index (χ1) is 16.3. The average molecular weight is 476 g/mol. The van der Waals surface area contributed by atoms with Crippen LogP contribution in [0.25, 0.3) is 0 Å². The molecule has 6 rings (SSSR count). The Bertz CT molecular complexity index is 840. The maximum atomic E-state index is 11.7. The lowest BCUT2D eigenvalue weighted by Crippen LogP contribution is -2.71. The van der Waals surface area contributed by atoms with Crippen molar-refractivity contribution in [1.82, 2.24) is 25.2 Å². The van der Waals surface area contributed by atoms with Crippen LogP contribution in [0.5, 0.6) is 0 Å². The lowest BCUT2D eigenvalue weighted by atomic mass is 9.49. The fourth-order valence-electron chi connectivity index (χ4n) is 8.37. The number of aliphatic hydroxyl groups is 3. The zero-order valence-corrected chi connectivity index (χ0v) is 20.5. The topological polar surface area (TPSA) is 124 Å². The van der Waals surface area contributed by atoms with Crippen LogP contribution in [-0.4, -0.2) is 84.6 Å². The van der Waals surface area contributed by atoms with Gasteiger partial charge < -0.3 is 20.6 Å². The van der Waals surface area contributed by atoms with Crippen LogP contribution in [0.3, 0.4) is 0 Å². The first-order valence-corrected chi connectivity index (χ1v) is 13.2. The highest BCUT2D eigenvalue weighted by atomic mass is 16.3. The van der Waals surface area contributed by atoms with Crippen LogP contribution in [0.15, 0.2) is 6.20 Å². The van der Waals surface area contributed by atoms with E-state index < -0.39 is 24.3 Å². The van der Waals surface area contributed by atoms with Gasteiger partial charge in [-0.05, 0) is 68.1 Å². The van der Waals surface area contributed by atoms with Crippen LogP contribution >= 0.6 is 0 Å². The monoisotopic (exact) mass is 475 g/mol. The molecular weight excluding hydrogens is 434 g/mol. The van der Waals surface area contributed by atoms with Crippen LogP contribution in [0, 0.1) is 23.2 Å². The van der Waals surface area contributed by atoms with Crippen LogP contribution in [0.2, 0.25) is 0 Å². The van der Waals surface area contributed by atoms with Crippen molar-refractivity contribution in [2.45, 2.75) is 102 Å². The first-order valence-electron chi connectivity index (χ1n) is 13.2. The fraction of sp³-hybridized carbons (Fsp3) is 0.880. The third kappa shape index (κ3) is 4.52. The van der Waals surface area contributed by atoms with E-state index in [0.29, 0.717) is 24.8 Å². The van der Waals surface area contributed by atoms with Crippen molar-refractivity contribution >= 4 is 5.91 Å². The molecule has 0 unspecified atom stereocenters. The molecule has 1 aromatic rings. The quantitative estimate of drug-likeness (QED) is 0.437. The Kier molecular flexibility index (Phi) is 6.74. The minimum atomic E-state index is -1.14. The van der Waals surface area contributed by atoms with E-state index in [1.165, 1.54) is 45.4 Å². The van der Waals surface area contributed by atoms with Gasteiger partial charge in [-0.1, -0.05) is 12.1 Å². The maximum Gasteiger partial charge on any atom is 0.217 e. The van der Waals surface area contributed by atoms with Gasteiger partial charge in [0.05, 0.1) is 30.5 Å². The molecular formula is C25H41N5O4. The molecule has 2 heterocycles. The smallest absolute Gasteiger partial charge is 0.217 e. The van der Waals surface area contributed by atoms with Crippen molar-refractivity contribution in [3.05, 3.63) is 11.9 Å². The molecule has 1 aliphatic heterocycles. The number of nitrogens with one attached hydrogen (secondary N) is 1. The van der Waals surface area contributed by atoms with E-state index in [1.807, 2.05) is 16.5 Å². The number of hydrogen-bond acceptors (Lipinski definition) is 7. The molecule has 190 valence electrons. The van der Waals surface area contributed by atoms with Crippen LogP contribution in [0.4, 0.5) is 0 Å². The van der Waals surface area contributed by atoms with Gasteiger partial charge in [0.25, 0.3) is 0 Å². The molecule has 34 heavy (non-hydrogen) atoms. The number of piperidine rings is 1. The molecule has 1 saturated heterocycles. The number of hydrogen-bond donors (Lipinski definition) is 4. The van der Waals surface area contributed by atoms with Crippen molar-refractivity contribution in [3.8, 4) is 0 Å². The number of aromatic nitrogens is 3. The molecule has 0 spiro atoms. The summed E-state index contributed by atoms with van der Waals surface area (Å²) in [6, 6.07) is -1.37. The predicted molar refractivity (Wildman–Crippen MR) is 126 cm³/mol. The molecule has 1 aromatic heterocycles. The van der Waals surface area contributed by atoms with Crippen molar-refractivity contribution in [2.75, 3.05) is 13.2 Å². The molecule has 0 aromatic carbocycles. The van der Waals surface area contributed by atoms with Gasteiger partial charge in [0.2, 0.25) is 5.91 Å². The Labute approximate surface area is 201 Å². The summed E-state index contributed by atoms with van der Waals surface area (Å²) in [5.74, 6) is 2.49. The summed E-state index contributed by atoms with van der Waals surface area (Å²) in [6.07, 6.45) is 9.41. The summed E-state index contributed by atoms with van der Waals surface area (Å²) in [5, 5.41) is 43.0. The molecule has 5 fully saturated rings. The number of amides is 1. The number of rotatable bonds is 8. The Balaban J connectivity index is 1.25. The highest BCUT2D eigenvalue weighted by Gasteiger charge is 2.51. The van der Waals surface area contributed by atoms with Crippen LogP contribution in [-0.2, 0) is 17.8 Å².